The lowest BCUT2D eigenvalue weighted by Crippen LogP contribution is -2.22. The molecular weight excluding hydrogens is 262 g/mol. The number of amides is 1. The van der Waals surface area contributed by atoms with Gasteiger partial charge in [-0.15, -0.1) is 0 Å². The minimum atomic E-state index is -0.128. The summed E-state index contributed by atoms with van der Waals surface area (Å²) < 4.78 is 10.4. The number of carbonyl (C=O) groups excluding carboxylic acids is 1. The highest BCUT2D eigenvalue weighted by atomic mass is 35.5. The third-order valence-electron chi connectivity index (χ3n) is 2.44. The van der Waals surface area contributed by atoms with Crippen molar-refractivity contribution < 1.29 is 14.3 Å². The average molecular weight is 274 g/mol. The van der Waals surface area contributed by atoms with Crippen molar-refractivity contribution in [3.8, 4) is 11.5 Å². The largest absolute Gasteiger partial charge is 0.454 e. The maximum absolute atomic E-state index is 11.7. The Bertz CT molecular complexity index is 453. The monoisotopic (exact) mass is 273 g/mol. The fraction of sp³-hybridized carbons (Fsp3) is 0.364. The van der Waals surface area contributed by atoms with E-state index in [4.69, 9.17) is 21.1 Å². The summed E-state index contributed by atoms with van der Waals surface area (Å²) in [6.45, 7) is 2.02. The number of hydrogen-bond acceptors (Lipinski definition) is 4. The van der Waals surface area contributed by atoms with Gasteiger partial charge in [-0.1, -0.05) is 11.6 Å². The summed E-state index contributed by atoms with van der Waals surface area (Å²) >= 11 is 7.52. The fourth-order valence-corrected chi connectivity index (χ4v) is 1.83. The molecule has 6 heteroatoms. The van der Waals surface area contributed by atoms with Gasteiger partial charge in [0.2, 0.25) is 12.7 Å². The van der Waals surface area contributed by atoms with Crippen molar-refractivity contribution in [2.75, 3.05) is 18.4 Å². The Morgan fingerprint density at radius 2 is 2.12 bits per heavy atom. The van der Waals surface area contributed by atoms with Crippen LogP contribution in [-0.4, -0.2) is 24.2 Å². The lowest BCUT2D eigenvalue weighted by molar-refractivity contribution is -0.115. The maximum Gasteiger partial charge on any atom is 0.237 e. The Hall–Kier alpha value is -1.07. The van der Waals surface area contributed by atoms with E-state index in [0.29, 0.717) is 22.2 Å². The molecule has 0 saturated heterocycles. The van der Waals surface area contributed by atoms with Gasteiger partial charge >= 0.3 is 0 Å². The van der Waals surface area contributed by atoms with Crippen LogP contribution in [0.2, 0.25) is 5.02 Å². The van der Waals surface area contributed by atoms with E-state index in [-0.39, 0.29) is 18.0 Å². The molecule has 2 rings (SSSR count). The number of hydrogen-bond donors (Lipinski definition) is 1. The van der Waals surface area contributed by atoms with Crippen LogP contribution in [0.1, 0.15) is 6.92 Å². The molecule has 0 aromatic heterocycles. The molecule has 1 N–H and O–H groups in total. The van der Waals surface area contributed by atoms with Gasteiger partial charge in [0.1, 0.15) is 0 Å². The molecule has 1 amide bonds. The predicted molar refractivity (Wildman–Crippen MR) is 69.2 cm³/mol. The molecule has 1 aromatic carbocycles. The summed E-state index contributed by atoms with van der Waals surface area (Å²) in [6.07, 6.45) is 1.88. The molecule has 0 fully saturated rings. The Balaban J connectivity index is 2.19. The van der Waals surface area contributed by atoms with Crippen molar-refractivity contribution in [3.63, 3.8) is 0 Å². The second kappa shape index (κ2) is 5.06. The zero-order valence-corrected chi connectivity index (χ0v) is 11.0. The van der Waals surface area contributed by atoms with E-state index >= 15 is 0 Å². The molecule has 17 heavy (non-hydrogen) atoms. The van der Waals surface area contributed by atoms with Gasteiger partial charge in [-0.3, -0.25) is 4.79 Å². The molecule has 0 spiro atoms. The number of halogens is 1. The first-order chi connectivity index (χ1) is 8.11. The predicted octanol–water partition coefficient (Wildman–Crippen LogP) is 2.76. The van der Waals surface area contributed by atoms with Crippen LogP contribution >= 0.6 is 23.4 Å². The van der Waals surface area contributed by atoms with Gasteiger partial charge in [-0.05, 0) is 13.2 Å². The smallest absolute Gasteiger partial charge is 0.237 e. The van der Waals surface area contributed by atoms with Crippen molar-refractivity contribution in [3.05, 3.63) is 17.2 Å². The first-order valence-electron chi connectivity index (χ1n) is 5.04. The summed E-state index contributed by atoms with van der Waals surface area (Å²) in [7, 11) is 0. The quantitative estimate of drug-likeness (QED) is 0.920. The highest BCUT2D eigenvalue weighted by molar-refractivity contribution is 7.99. The van der Waals surface area contributed by atoms with Crippen molar-refractivity contribution >= 4 is 35.0 Å². The zero-order chi connectivity index (χ0) is 12.4. The molecule has 1 aromatic rings. The Morgan fingerprint density at radius 1 is 1.47 bits per heavy atom. The van der Waals surface area contributed by atoms with Gasteiger partial charge < -0.3 is 14.8 Å². The van der Waals surface area contributed by atoms with Crippen molar-refractivity contribution in [1.29, 1.82) is 0 Å². The van der Waals surface area contributed by atoms with Crippen LogP contribution < -0.4 is 14.8 Å². The number of carbonyl (C=O) groups is 1. The van der Waals surface area contributed by atoms with Crippen LogP contribution in [0.4, 0.5) is 5.69 Å². The lowest BCUT2D eigenvalue weighted by Gasteiger charge is -2.11. The average Bonchev–Trinajstić information content (AvgIpc) is 2.75. The molecule has 4 nitrogen and oxygen atoms in total. The highest BCUT2D eigenvalue weighted by Crippen LogP contribution is 2.39. The molecule has 1 aliphatic rings. The van der Waals surface area contributed by atoms with Gasteiger partial charge in [0.15, 0.2) is 11.5 Å². The molecule has 1 heterocycles. The third-order valence-corrected chi connectivity index (χ3v) is 3.68. The van der Waals surface area contributed by atoms with E-state index in [9.17, 15) is 4.79 Å². The summed E-state index contributed by atoms with van der Waals surface area (Å²) in [5.74, 6) is 1.12. The van der Waals surface area contributed by atoms with Gasteiger partial charge in [-0.2, -0.15) is 11.8 Å². The Kier molecular flexibility index (Phi) is 3.69. The summed E-state index contributed by atoms with van der Waals surface area (Å²) in [5.41, 5.74) is 0.543. The van der Waals surface area contributed by atoms with Crippen molar-refractivity contribution in [2.45, 2.75) is 12.2 Å². The van der Waals surface area contributed by atoms with Gasteiger partial charge in [0, 0.05) is 12.1 Å². The van der Waals surface area contributed by atoms with E-state index in [2.05, 4.69) is 5.32 Å². The molecule has 0 bridgehead atoms. The SMILES string of the molecule is CS[C@@H](C)C(=O)Nc1cc2c(cc1Cl)OCO2. The van der Waals surface area contributed by atoms with Crippen molar-refractivity contribution in [1.82, 2.24) is 0 Å². The number of rotatable bonds is 3. The number of ether oxygens (including phenoxy) is 2. The molecule has 1 atom stereocenters. The van der Waals surface area contributed by atoms with Crippen LogP contribution in [0.5, 0.6) is 11.5 Å². The molecule has 1 aliphatic heterocycles. The minimum Gasteiger partial charge on any atom is -0.454 e. The molecule has 0 aliphatic carbocycles. The fourth-order valence-electron chi connectivity index (χ4n) is 1.35. The summed E-state index contributed by atoms with van der Waals surface area (Å²) in [6, 6.07) is 3.32. The first-order valence-corrected chi connectivity index (χ1v) is 6.71. The zero-order valence-electron chi connectivity index (χ0n) is 9.45. The third kappa shape index (κ3) is 2.61. The van der Waals surface area contributed by atoms with Crippen LogP contribution in [0, 0.1) is 0 Å². The van der Waals surface area contributed by atoms with Crippen LogP contribution in [0.3, 0.4) is 0 Å². The van der Waals surface area contributed by atoms with Crippen LogP contribution in [-0.2, 0) is 4.79 Å². The summed E-state index contributed by atoms with van der Waals surface area (Å²) in [4.78, 5) is 11.7. The Morgan fingerprint density at radius 3 is 2.76 bits per heavy atom. The second-order valence-corrected chi connectivity index (χ2v) is 5.14. The van der Waals surface area contributed by atoms with Crippen LogP contribution in [0.15, 0.2) is 12.1 Å². The summed E-state index contributed by atoms with van der Waals surface area (Å²) in [5, 5.41) is 3.08. The Labute approximate surface area is 109 Å². The molecule has 0 radical (unpaired) electrons. The second-order valence-electron chi connectivity index (χ2n) is 3.55. The van der Waals surface area contributed by atoms with E-state index < -0.39 is 0 Å². The number of fused-ring (bicyclic) bond motifs is 1. The maximum atomic E-state index is 11.7. The van der Waals surface area contributed by atoms with Gasteiger partial charge in [-0.25, -0.2) is 0 Å². The molecular formula is C11H12ClNO3S. The number of nitrogens with one attached hydrogen (secondary N) is 1. The highest BCUT2D eigenvalue weighted by Gasteiger charge is 2.19. The van der Waals surface area contributed by atoms with E-state index in [1.54, 1.807) is 12.1 Å². The normalized spacial score (nSPS) is 14.5. The molecule has 0 saturated carbocycles. The topological polar surface area (TPSA) is 47.6 Å². The molecule has 92 valence electrons. The van der Waals surface area contributed by atoms with Gasteiger partial charge in [0.25, 0.3) is 0 Å². The standard InChI is InChI=1S/C11H12ClNO3S/c1-6(17-2)11(14)13-8-4-10-9(3-7(8)12)15-5-16-10/h3-4,6H,5H2,1-2H3,(H,13,14)/t6-/m0/s1. The van der Waals surface area contributed by atoms with E-state index in [1.165, 1.54) is 11.8 Å². The minimum absolute atomic E-state index is 0.0849. The van der Waals surface area contributed by atoms with Gasteiger partial charge in [0.05, 0.1) is 16.0 Å². The van der Waals surface area contributed by atoms with Crippen molar-refractivity contribution in [2.24, 2.45) is 0 Å². The number of thioether (sulfide) groups is 1. The number of benzene rings is 1. The van der Waals surface area contributed by atoms with Crippen LogP contribution in [0.25, 0.3) is 0 Å². The molecule has 0 unspecified atom stereocenters. The lowest BCUT2D eigenvalue weighted by atomic mass is 10.2. The van der Waals surface area contributed by atoms with E-state index in [1.807, 2.05) is 13.2 Å². The number of anilines is 1. The first kappa shape index (κ1) is 12.4. The van der Waals surface area contributed by atoms with E-state index in [0.717, 1.165) is 0 Å².